The number of carboxylic acid groups (broad SMARTS) is 1. The number of piperidine rings is 1. The molecular formula is C8H14FNO5S. The van der Waals surface area contributed by atoms with Gasteiger partial charge in [-0.15, -0.1) is 0 Å². The van der Waals surface area contributed by atoms with Crippen molar-refractivity contribution < 1.29 is 26.9 Å². The molecule has 0 unspecified atom stereocenters. The van der Waals surface area contributed by atoms with Crippen LogP contribution in [0.15, 0.2) is 0 Å². The van der Waals surface area contributed by atoms with Gasteiger partial charge in [0.1, 0.15) is 12.3 Å². The van der Waals surface area contributed by atoms with Gasteiger partial charge in [-0.05, 0) is 0 Å². The second-order valence-electron chi connectivity index (χ2n) is 3.89. The van der Waals surface area contributed by atoms with Crippen molar-refractivity contribution in [3.63, 3.8) is 0 Å². The summed E-state index contributed by atoms with van der Waals surface area (Å²) >= 11 is 0. The maximum Gasteiger partial charge on any atom is 0.407 e. The molecule has 0 aliphatic carbocycles. The lowest BCUT2D eigenvalue weighted by molar-refractivity contribution is 0.0223. The number of halogens is 1. The van der Waals surface area contributed by atoms with Gasteiger partial charge in [-0.3, -0.25) is 4.18 Å². The molecule has 1 saturated heterocycles. The van der Waals surface area contributed by atoms with E-state index in [2.05, 4.69) is 4.18 Å². The topological polar surface area (TPSA) is 83.9 Å². The minimum absolute atomic E-state index is 0.0468. The predicted octanol–water partition coefficient (Wildman–Crippen LogP) is 0.445. The Hall–Kier alpha value is -0.890. The molecule has 1 N–H and O–H groups in total. The first-order valence-corrected chi connectivity index (χ1v) is 6.55. The van der Waals surface area contributed by atoms with Crippen LogP contribution in [0.5, 0.6) is 0 Å². The van der Waals surface area contributed by atoms with Gasteiger partial charge >= 0.3 is 6.09 Å². The Morgan fingerprint density at radius 2 is 2.00 bits per heavy atom. The van der Waals surface area contributed by atoms with Crippen LogP contribution >= 0.6 is 0 Å². The standard InChI is InChI=1S/C8H14FNO5S/c1-16(13,14)15-6-8(9)2-4-10(5-3-8)7(11)12/h2-6H2,1H3,(H,11,12). The minimum atomic E-state index is -3.66. The van der Waals surface area contributed by atoms with E-state index in [4.69, 9.17) is 5.11 Å². The normalized spacial score (nSPS) is 20.8. The number of nitrogens with zero attached hydrogens (tertiary/aromatic N) is 1. The van der Waals surface area contributed by atoms with Gasteiger partial charge in [0.05, 0.1) is 6.26 Å². The summed E-state index contributed by atoms with van der Waals surface area (Å²) in [5.41, 5.74) is -1.75. The molecule has 1 fully saturated rings. The van der Waals surface area contributed by atoms with Gasteiger partial charge in [0.25, 0.3) is 10.1 Å². The van der Waals surface area contributed by atoms with Gasteiger partial charge in [0.2, 0.25) is 0 Å². The number of rotatable bonds is 3. The van der Waals surface area contributed by atoms with E-state index in [1.54, 1.807) is 0 Å². The van der Waals surface area contributed by atoms with E-state index >= 15 is 0 Å². The number of alkyl halides is 1. The third-order valence-corrected chi connectivity index (χ3v) is 3.01. The maximum atomic E-state index is 13.9. The quantitative estimate of drug-likeness (QED) is 0.740. The third kappa shape index (κ3) is 3.93. The molecule has 0 radical (unpaired) electrons. The summed E-state index contributed by atoms with van der Waals surface area (Å²) in [6.07, 6.45) is -0.335. The van der Waals surface area contributed by atoms with Crippen molar-refractivity contribution in [3.05, 3.63) is 0 Å². The van der Waals surface area contributed by atoms with Crippen LogP contribution in [0.2, 0.25) is 0 Å². The summed E-state index contributed by atoms with van der Waals surface area (Å²) in [5, 5.41) is 8.64. The summed E-state index contributed by atoms with van der Waals surface area (Å²) in [5.74, 6) is 0. The Bertz CT molecular complexity index is 361. The van der Waals surface area contributed by atoms with Crippen LogP contribution in [-0.2, 0) is 14.3 Å². The van der Waals surface area contributed by atoms with Crippen molar-refractivity contribution >= 4 is 16.2 Å². The fourth-order valence-electron chi connectivity index (χ4n) is 1.46. The second kappa shape index (κ2) is 4.54. The van der Waals surface area contributed by atoms with E-state index in [1.807, 2.05) is 0 Å². The highest BCUT2D eigenvalue weighted by Gasteiger charge is 2.37. The Balaban J connectivity index is 2.47. The molecule has 0 saturated carbocycles. The average Bonchev–Trinajstić information content (AvgIpc) is 2.15. The van der Waals surface area contributed by atoms with Crippen molar-refractivity contribution in [2.24, 2.45) is 0 Å². The number of likely N-dealkylation sites (tertiary alicyclic amines) is 1. The number of hydrogen-bond acceptors (Lipinski definition) is 4. The Kier molecular flexibility index (Phi) is 3.74. The zero-order chi connectivity index (χ0) is 12.4. The van der Waals surface area contributed by atoms with Gasteiger partial charge in [-0.2, -0.15) is 8.42 Å². The molecule has 0 bridgehead atoms. The highest BCUT2D eigenvalue weighted by Crippen LogP contribution is 2.27. The summed E-state index contributed by atoms with van der Waals surface area (Å²) in [6, 6.07) is 0. The summed E-state index contributed by atoms with van der Waals surface area (Å²) in [6.45, 7) is -0.433. The number of carbonyl (C=O) groups is 1. The fourth-order valence-corrected chi connectivity index (χ4v) is 1.88. The van der Waals surface area contributed by atoms with Crippen LogP contribution in [0.1, 0.15) is 12.8 Å². The highest BCUT2D eigenvalue weighted by molar-refractivity contribution is 7.85. The molecule has 0 atom stereocenters. The molecule has 16 heavy (non-hydrogen) atoms. The first-order chi connectivity index (χ1) is 7.22. The maximum absolute atomic E-state index is 13.9. The van der Waals surface area contributed by atoms with Crippen molar-refractivity contribution in [1.29, 1.82) is 0 Å². The van der Waals surface area contributed by atoms with Crippen molar-refractivity contribution in [2.45, 2.75) is 18.5 Å². The van der Waals surface area contributed by atoms with Crippen molar-refractivity contribution in [2.75, 3.05) is 26.0 Å². The SMILES string of the molecule is CS(=O)(=O)OCC1(F)CCN(C(=O)O)CC1. The van der Waals surface area contributed by atoms with Gasteiger partial charge < -0.3 is 10.0 Å². The lowest BCUT2D eigenvalue weighted by atomic mass is 9.95. The van der Waals surface area contributed by atoms with Crippen LogP contribution in [0, 0.1) is 0 Å². The largest absolute Gasteiger partial charge is 0.465 e. The van der Waals surface area contributed by atoms with E-state index in [0.717, 1.165) is 11.2 Å². The van der Waals surface area contributed by atoms with E-state index in [1.165, 1.54) is 0 Å². The monoisotopic (exact) mass is 255 g/mol. The van der Waals surface area contributed by atoms with Crippen LogP contribution in [-0.4, -0.2) is 56.1 Å². The molecule has 1 amide bonds. The van der Waals surface area contributed by atoms with Gasteiger partial charge in [0, 0.05) is 25.9 Å². The average molecular weight is 255 g/mol. The molecule has 0 aromatic heterocycles. The molecule has 0 spiro atoms. The van der Waals surface area contributed by atoms with Gasteiger partial charge in [0.15, 0.2) is 0 Å². The van der Waals surface area contributed by atoms with E-state index in [0.29, 0.717) is 0 Å². The van der Waals surface area contributed by atoms with Gasteiger partial charge in [-0.25, -0.2) is 9.18 Å². The summed E-state index contributed by atoms with van der Waals surface area (Å²) < 4.78 is 39.7. The fraction of sp³-hybridized carbons (Fsp3) is 0.875. The predicted molar refractivity (Wildman–Crippen MR) is 53.5 cm³/mol. The molecule has 8 heteroatoms. The Morgan fingerprint density at radius 3 is 2.38 bits per heavy atom. The zero-order valence-corrected chi connectivity index (χ0v) is 9.67. The molecule has 1 heterocycles. The molecule has 1 aliphatic heterocycles. The highest BCUT2D eigenvalue weighted by atomic mass is 32.2. The van der Waals surface area contributed by atoms with E-state index < -0.39 is 28.5 Å². The third-order valence-electron chi connectivity index (χ3n) is 2.46. The van der Waals surface area contributed by atoms with Crippen LogP contribution in [0.4, 0.5) is 9.18 Å². The van der Waals surface area contributed by atoms with Crippen molar-refractivity contribution in [3.8, 4) is 0 Å². The molecule has 94 valence electrons. The summed E-state index contributed by atoms with van der Waals surface area (Å²) in [4.78, 5) is 11.7. The Morgan fingerprint density at radius 1 is 1.50 bits per heavy atom. The van der Waals surface area contributed by atoms with Crippen LogP contribution < -0.4 is 0 Å². The van der Waals surface area contributed by atoms with Crippen molar-refractivity contribution in [1.82, 2.24) is 4.90 Å². The molecule has 1 aliphatic rings. The Labute approximate surface area is 93.1 Å². The lowest BCUT2D eigenvalue weighted by Gasteiger charge is -2.34. The zero-order valence-electron chi connectivity index (χ0n) is 8.85. The van der Waals surface area contributed by atoms with Crippen LogP contribution in [0.25, 0.3) is 0 Å². The molecule has 0 aromatic rings. The second-order valence-corrected chi connectivity index (χ2v) is 5.53. The summed E-state index contributed by atoms with van der Waals surface area (Å²) in [7, 11) is -3.66. The van der Waals surface area contributed by atoms with E-state index in [-0.39, 0.29) is 25.9 Å². The first-order valence-electron chi connectivity index (χ1n) is 4.73. The lowest BCUT2D eigenvalue weighted by Crippen LogP contribution is -2.46. The molecular weight excluding hydrogens is 241 g/mol. The smallest absolute Gasteiger partial charge is 0.407 e. The van der Waals surface area contributed by atoms with Gasteiger partial charge in [-0.1, -0.05) is 0 Å². The van der Waals surface area contributed by atoms with E-state index in [9.17, 15) is 17.6 Å². The number of amides is 1. The molecule has 0 aromatic carbocycles. The molecule has 1 rings (SSSR count). The molecule has 6 nitrogen and oxygen atoms in total. The van der Waals surface area contributed by atoms with Crippen LogP contribution in [0.3, 0.4) is 0 Å². The number of hydrogen-bond donors (Lipinski definition) is 1. The first kappa shape index (κ1) is 13.2. The minimum Gasteiger partial charge on any atom is -0.465 e.